The van der Waals surface area contributed by atoms with E-state index in [1.54, 1.807) is 38.2 Å². The van der Waals surface area contributed by atoms with Crippen molar-refractivity contribution in [2.45, 2.75) is 6.92 Å². The molecule has 2 aromatic rings. The molecule has 120 valence electrons. The average Bonchev–Trinajstić information content (AvgIpc) is 2.90. The number of hydrogen-bond donors (Lipinski definition) is 0. The third kappa shape index (κ3) is 2.94. The molecule has 1 heterocycles. The van der Waals surface area contributed by atoms with Crippen LogP contribution in [0.4, 0.5) is 17.1 Å². The summed E-state index contributed by atoms with van der Waals surface area (Å²) in [6.45, 7) is 1.76. The molecule has 6 heteroatoms. The second-order valence-corrected chi connectivity index (χ2v) is 5.33. The first-order valence-electron chi connectivity index (χ1n) is 7.42. The van der Waals surface area contributed by atoms with Crippen molar-refractivity contribution in [1.82, 2.24) is 0 Å². The Hall–Kier alpha value is -3.28. The minimum Gasteiger partial charge on any atom is -0.318 e. The van der Waals surface area contributed by atoms with Crippen LogP contribution >= 0.6 is 0 Å². The summed E-state index contributed by atoms with van der Waals surface area (Å²) in [6, 6.07) is 16.3. The van der Waals surface area contributed by atoms with Crippen molar-refractivity contribution in [3.63, 3.8) is 0 Å². The summed E-state index contributed by atoms with van der Waals surface area (Å²) in [5, 5.41) is 5.64. The van der Waals surface area contributed by atoms with Gasteiger partial charge < -0.3 is 4.90 Å². The van der Waals surface area contributed by atoms with Gasteiger partial charge in [-0.2, -0.15) is 10.1 Å². The molecule has 0 aliphatic carbocycles. The Labute approximate surface area is 139 Å². The van der Waals surface area contributed by atoms with E-state index in [1.165, 1.54) is 9.91 Å². The number of amides is 2. The molecule has 0 saturated carbocycles. The molecule has 2 amide bonds. The summed E-state index contributed by atoms with van der Waals surface area (Å²) in [5.41, 5.74) is 2.97. The molecule has 1 aliphatic rings. The predicted octanol–water partition coefficient (Wildman–Crippen LogP) is 2.77. The Morgan fingerprint density at radius 2 is 1.75 bits per heavy atom. The number of nitrogens with zero attached hydrogens (tertiary/aromatic N) is 4. The van der Waals surface area contributed by atoms with Crippen molar-refractivity contribution in [1.29, 1.82) is 0 Å². The lowest BCUT2D eigenvalue weighted by molar-refractivity contribution is -0.112. The normalized spacial score (nSPS) is 15.6. The van der Waals surface area contributed by atoms with Crippen molar-refractivity contribution in [3.8, 4) is 0 Å². The first kappa shape index (κ1) is 15.6. The van der Waals surface area contributed by atoms with Crippen LogP contribution in [0.1, 0.15) is 6.92 Å². The zero-order valence-corrected chi connectivity index (χ0v) is 13.4. The third-order valence-electron chi connectivity index (χ3n) is 3.64. The van der Waals surface area contributed by atoms with Gasteiger partial charge in [0.15, 0.2) is 5.71 Å². The molecule has 0 saturated heterocycles. The topological polar surface area (TPSA) is 65.3 Å². The van der Waals surface area contributed by atoms with Gasteiger partial charge in [-0.05, 0) is 43.3 Å². The summed E-state index contributed by atoms with van der Waals surface area (Å²) in [5.74, 6) is -0.257. The second kappa shape index (κ2) is 6.45. The lowest BCUT2D eigenvalue weighted by Gasteiger charge is -2.11. The fourth-order valence-electron chi connectivity index (χ4n) is 2.32. The Morgan fingerprint density at radius 1 is 1.08 bits per heavy atom. The van der Waals surface area contributed by atoms with Crippen LogP contribution in [0.5, 0.6) is 0 Å². The number of hydrazone groups is 1. The molecule has 0 N–H and O–H groups in total. The fourth-order valence-corrected chi connectivity index (χ4v) is 2.32. The summed E-state index contributed by atoms with van der Waals surface area (Å²) < 4.78 is 0. The van der Waals surface area contributed by atoms with Gasteiger partial charge in [0, 0.05) is 12.7 Å². The number of benzene rings is 2. The van der Waals surface area contributed by atoms with Gasteiger partial charge in [0.25, 0.3) is 5.91 Å². The third-order valence-corrected chi connectivity index (χ3v) is 3.64. The summed E-state index contributed by atoms with van der Waals surface area (Å²) in [7, 11) is 1.67. The number of hydrogen-bond acceptors (Lipinski definition) is 4. The molecule has 0 atom stereocenters. The Balaban J connectivity index is 1.87. The van der Waals surface area contributed by atoms with Crippen molar-refractivity contribution in [3.05, 3.63) is 54.6 Å². The molecule has 2 aromatic carbocycles. The van der Waals surface area contributed by atoms with E-state index in [1.807, 2.05) is 30.3 Å². The maximum absolute atomic E-state index is 12.6. The molecule has 0 spiro atoms. The second-order valence-electron chi connectivity index (χ2n) is 5.33. The highest BCUT2D eigenvalue weighted by Gasteiger charge is 2.30. The van der Waals surface area contributed by atoms with Gasteiger partial charge in [-0.3, -0.25) is 9.59 Å². The lowest BCUT2D eigenvalue weighted by atomic mass is 10.2. The molecular formula is C18H16N4O2. The van der Waals surface area contributed by atoms with Gasteiger partial charge in [0.05, 0.1) is 17.1 Å². The molecule has 24 heavy (non-hydrogen) atoms. The standard InChI is InChI=1S/C18H16N4O2/c1-13-17(18(24)22(20-13)16-6-4-3-5-7-16)19-14-8-10-15(11-9-14)21(2)12-23/h3-12H,1-2H3. The fraction of sp³-hybridized carbons (Fsp3) is 0.111. The van der Waals surface area contributed by atoms with E-state index in [0.717, 1.165) is 12.1 Å². The van der Waals surface area contributed by atoms with Crippen molar-refractivity contribution >= 4 is 40.8 Å². The minimum absolute atomic E-state index is 0.257. The van der Waals surface area contributed by atoms with E-state index in [2.05, 4.69) is 10.1 Å². The largest absolute Gasteiger partial charge is 0.318 e. The van der Waals surface area contributed by atoms with Crippen LogP contribution in [0.15, 0.2) is 64.7 Å². The van der Waals surface area contributed by atoms with Crippen LogP contribution in [-0.4, -0.2) is 30.8 Å². The van der Waals surface area contributed by atoms with Crippen LogP contribution in [0.2, 0.25) is 0 Å². The highest BCUT2D eigenvalue weighted by Crippen LogP contribution is 2.22. The molecule has 1 aliphatic heterocycles. The summed E-state index contributed by atoms with van der Waals surface area (Å²) in [4.78, 5) is 29.2. The maximum atomic E-state index is 12.6. The van der Waals surface area contributed by atoms with E-state index in [9.17, 15) is 9.59 Å². The maximum Gasteiger partial charge on any atom is 0.299 e. The van der Waals surface area contributed by atoms with E-state index in [0.29, 0.717) is 22.8 Å². The SMILES string of the molecule is CC1=NN(c2ccccc2)C(=O)C1=Nc1ccc(N(C)C=O)cc1. The van der Waals surface area contributed by atoms with Crippen molar-refractivity contribution in [2.75, 3.05) is 17.0 Å². The van der Waals surface area contributed by atoms with Gasteiger partial charge in [-0.25, -0.2) is 4.99 Å². The smallest absolute Gasteiger partial charge is 0.299 e. The molecule has 6 nitrogen and oxygen atoms in total. The minimum atomic E-state index is -0.257. The van der Waals surface area contributed by atoms with Gasteiger partial charge in [0.2, 0.25) is 6.41 Å². The monoisotopic (exact) mass is 320 g/mol. The predicted molar refractivity (Wildman–Crippen MR) is 95.0 cm³/mol. The van der Waals surface area contributed by atoms with Gasteiger partial charge in [-0.1, -0.05) is 18.2 Å². The Kier molecular flexibility index (Phi) is 4.20. The highest BCUT2D eigenvalue weighted by molar-refractivity contribution is 6.71. The zero-order valence-electron chi connectivity index (χ0n) is 13.4. The van der Waals surface area contributed by atoms with Gasteiger partial charge in [0.1, 0.15) is 0 Å². The Bertz CT molecular complexity index is 826. The molecule has 0 radical (unpaired) electrons. The quantitative estimate of drug-likeness (QED) is 0.813. The number of para-hydroxylation sites is 1. The molecular weight excluding hydrogens is 304 g/mol. The molecule has 0 bridgehead atoms. The molecule has 0 aromatic heterocycles. The number of carbonyl (C=O) groups is 2. The average molecular weight is 320 g/mol. The van der Waals surface area contributed by atoms with Crippen LogP contribution in [-0.2, 0) is 9.59 Å². The van der Waals surface area contributed by atoms with Crippen LogP contribution in [0.25, 0.3) is 0 Å². The number of carbonyl (C=O) groups excluding carboxylic acids is 2. The van der Waals surface area contributed by atoms with E-state index in [4.69, 9.17) is 0 Å². The summed E-state index contributed by atoms with van der Waals surface area (Å²) >= 11 is 0. The zero-order chi connectivity index (χ0) is 17.1. The molecule has 3 rings (SSSR count). The molecule has 0 fully saturated rings. The van der Waals surface area contributed by atoms with E-state index >= 15 is 0 Å². The van der Waals surface area contributed by atoms with E-state index < -0.39 is 0 Å². The molecule has 0 unspecified atom stereocenters. The van der Waals surface area contributed by atoms with Gasteiger partial charge >= 0.3 is 0 Å². The van der Waals surface area contributed by atoms with Crippen molar-refractivity contribution in [2.24, 2.45) is 10.1 Å². The first-order valence-corrected chi connectivity index (χ1v) is 7.42. The Morgan fingerprint density at radius 3 is 2.38 bits per heavy atom. The van der Waals surface area contributed by atoms with Crippen LogP contribution < -0.4 is 9.91 Å². The number of rotatable bonds is 4. The highest BCUT2D eigenvalue weighted by atomic mass is 16.2. The summed E-state index contributed by atoms with van der Waals surface area (Å²) in [6.07, 6.45) is 0.732. The van der Waals surface area contributed by atoms with Crippen LogP contribution in [0.3, 0.4) is 0 Å². The van der Waals surface area contributed by atoms with Crippen LogP contribution in [0, 0.1) is 0 Å². The first-order chi connectivity index (χ1) is 11.6. The van der Waals surface area contributed by atoms with Crippen molar-refractivity contribution < 1.29 is 9.59 Å². The van der Waals surface area contributed by atoms with Gasteiger partial charge in [-0.15, -0.1) is 0 Å². The lowest BCUT2D eigenvalue weighted by Crippen LogP contribution is -2.27. The number of aliphatic imine (C=N–C) groups is 1. The van der Waals surface area contributed by atoms with E-state index in [-0.39, 0.29) is 5.91 Å². The number of anilines is 2.